The zero-order valence-corrected chi connectivity index (χ0v) is 12.2. The fourth-order valence-electron chi connectivity index (χ4n) is 2.16. The number of fused-ring (bicyclic) bond motifs is 1. The van der Waals surface area contributed by atoms with Gasteiger partial charge >= 0.3 is 12.0 Å². The summed E-state index contributed by atoms with van der Waals surface area (Å²) in [5, 5.41) is 12.1. The second kappa shape index (κ2) is 6.93. The van der Waals surface area contributed by atoms with Crippen LogP contribution in [0.25, 0.3) is 10.9 Å². The average molecular weight is 307 g/mol. The number of aromatic nitrogens is 1. The maximum atomic E-state index is 13.3. The monoisotopic (exact) mass is 307 g/mol. The standard InChI is InChI=1S/C15H18FN3O3/c1-19(7-5-14(20)21)15(22)17-6-4-10-9-18-13-3-2-11(16)8-12(10)13/h2-3,8-9,18H,4-7H2,1H3,(H,17,22)(H,20,21). The van der Waals surface area contributed by atoms with Gasteiger partial charge in [0.15, 0.2) is 0 Å². The lowest BCUT2D eigenvalue weighted by Crippen LogP contribution is -2.39. The molecule has 0 radical (unpaired) electrons. The van der Waals surface area contributed by atoms with Crippen LogP contribution in [0.5, 0.6) is 0 Å². The van der Waals surface area contributed by atoms with Crippen molar-refractivity contribution < 1.29 is 19.1 Å². The number of nitrogens with zero attached hydrogens (tertiary/aromatic N) is 1. The Hall–Kier alpha value is -2.57. The van der Waals surface area contributed by atoms with Gasteiger partial charge in [0.1, 0.15) is 5.82 Å². The highest BCUT2D eigenvalue weighted by molar-refractivity contribution is 5.83. The van der Waals surface area contributed by atoms with Crippen molar-refractivity contribution in [1.29, 1.82) is 0 Å². The minimum atomic E-state index is -0.944. The number of carboxylic acids is 1. The Morgan fingerprint density at radius 1 is 1.41 bits per heavy atom. The van der Waals surface area contributed by atoms with E-state index in [1.54, 1.807) is 19.3 Å². The van der Waals surface area contributed by atoms with Crippen LogP contribution < -0.4 is 5.32 Å². The van der Waals surface area contributed by atoms with Crippen molar-refractivity contribution in [3.63, 3.8) is 0 Å². The number of nitrogens with one attached hydrogen (secondary N) is 2. The Bertz CT molecular complexity index is 684. The van der Waals surface area contributed by atoms with Gasteiger partial charge in [0.2, 0.25) is 0 Å². The van der Waals surface area contributed by atoms with E-state index in [2.05, 4.69) is 10.3 Å². The molecule has 2 amide bonds. The SMILES string of the molecule is CN(CCC(=O)O)C(=O)NCCc1c[nH]c2ccc(F)cc12. The average Bonchev–Trinajstić information content (AvgIpc) is 2.87. The van der Waals surface area contributed by atoms with E-state index in [9.17, 15) is 14.0 Å². The molecule has 2 aromatic rings. The van der Waals surface area contributed by atoms with Crippen LogP contribution in [-0.4, -0.2) is 47.1 Å². The van der Waals surface area contributed by atoms with Crippen molar-refractivity contribution in [3.8, 4) is 0 Å². The second-order valence-corrected chi connectivity index (χ2v) is 5.05. The molecule has 0 aliphatic carbocycles. The summed E-state index contributed by atoms with van der Waals surface area (Å²) in [4.78, 5) is 26.6. The molecular weight excluding hydrogens is 289 g/mol. The molecule has 22 heavy (non-hydrogen) atoms. The van der Waals surface area contributed by atoms with Gasteiger partial charge in [-0.15, -0.1) is 0 Å². The normalized spacial score (nSPS) is 10.6. The van der Waals surface area contributed by atoms with Crippen LogP contribution >= 0.6 is 0 Å². The molecular formula is C15H18FN3O3. The summed E-state index contributed by atoms with van der Waals surface area (Å²) in [6, 6.07) is 4.20. The molecule has 0 aliphatic rings. The molecule has 1 heterocycles. The summed E-state index contributed by atoms with van der Waals surface area (Å²) in [6.07, 6.45) is 2.26. The van der Waals surface area contributed by atoms with Crippen molar-refractivity contribution in [2.75, 3.05) is 20.1 Å². The first-order chi connectivity index (χ1) is 10.5. The summed E-state index contributed by atoms with van der Waals surface area (Å²) < 4.78 is 13.3. The van der Waals surface area contributed by atoms with Crippen LogP contribution in [0.4, 0.5) is 9.18 Å². The zero-order valence-electron chi connectivity index (χ0n) is 12.2. The van der Waals surface area contributed by atoms with Gasteiger partial charge in [-0.1, -0.05) is 0 Å². The van der Waals surface area contributed by atoms with E-state index in [1.165, 1.54) is 17.0 Å². The summed E-state index contributed by atoms with van der Waals surface area (Å²) in [6.45, 7) is 0.541. The second-order valence-electron chi connectivity index (χ2n) is 5.05. The first-order valence-electron chi connectivity index (χ1n) is 6.93. The number of rotatable bonds is 6. The first kappa shape index (κ1) is 15.8. The molecule has 6 nitrogen and oxygen atoms in total. The lowest BCUT2D eigenvalue weighted by molar-refractivity contribution is -0.137. The maximum Gasteiger partial charge on any atom is 0.317 e. The highest BCUT2D eigenvalue weighted by Crippen LogP contribution is 2.19. The molecule has 0 atom stereocenters. The molecule has 0 spiro atoms. The lowest BCUT2D eigenvalue weighted by atomic mass is 10.1. The number of carbonyl (C=O) groups is 2. The summed E-state index contributed by atoms with van der Waals surface area (Å²) in [7, 11) is 1.54. The van der Waals surface area contributed by atoms with Gasteiger partial charge in [0.25, 0.3) is 0 Å². The van der Waals surface area contributed by atoms with E-state index < -0.39 is 5.97 Å². The molecule has 2 rings (SSSR count). The summed E-state index contributed by atoms with van der Waals surface area (Å²) in [5.74, 6) is -1.24. The smallest absolute Gasteiger partial charge is 0.317 e. The third kappa shape index (κ3) is 3.97. The van der Waals surface area contributed by atoms with Gasteiger partial charge in [-0.25, -0.2) is 9.18 Å². The third-order valence-electron chi connectivity index (χ3n) is 3.41. The van der Waals surface area contributed by atoms with Gasteiger partial charge in [0, 0.05) is 37.2 Å². The lowest BCUT2D eigenvalue weighted by Gasteiger charge is -2.16. The maximum absolute atomic E-state index is 13.3. The Balaban J connectivity index is 1.86. The first-order valence-corrected chi connectivity index (χ1v) is 6.93. The largest absolute Gasteiger partial charge is 0.481 e. The molecule has 0 saturated carbocycles. The van der Waals surface area contributed by atoms with Crippen LogP contribution in [0, 0.1) is 5.82 Å². The molecule has 0 bridgehead atoms. The van der Waals surface area contributed by atoms with Crippen molar-refractivity contribution in [3.05, 3.63) is 35.8 Å². The molecule has 118 valence electrons. The van der Waals surface area contributed by atoms with E-state index in [-0.39, 0.29) is 24.8 Å². The van der Waals surface area contributed by atoms with Crippen LogP contribution in [0.3, 0.4) is 0 Å². The zero-order chi connectivity index (χ0) is 16.1. The number of hydrogen-bond acceptors (Lipinski definition) is 2. The fraction of sp³-hybridized carbons (Fsp3) is 0.333. The Labute approximate surface area is 126 Å². The van der Waals surface area contributed by atoms with Crippen LogP contribution in [-0.2, 0) is 11.2 Å². The van der Waals surface area contributed by atoms with E-state index in [0.717, 1.165) is 16.5 Å². The number of aromatic amines is 1. The molecule has 0 unspecified atom stereocenters. The predicted molar refractivity (Wildman–Crippen MR) is 80.2 cm³/mol. The van der Waals surface area contributed by atoms with Gasteiger partial charge in [0.05, 0.1) is 6.42 Å². The van der Waals surface area contributed by atoms with Crippen LogP contribution in [0.1, 0.15) is 12.0 Å². The van der Waals surface area contributed by atoms with Crippen molar-refractivity contribution in [2.24, 2.45) is 0 Å². The Morgan fingerprint density at radius 2 is 2.18 bits per heavy atom. The van der Waals surface area contributed by atoms with Crippen molar-refractivity contribution in [2.45, 2.75) is 12.8 Å². The van der Waals surface area contributed by atoms with Crippen LogP contribution in [0.15, 0.2) is 24.4 Å². The number of aliphatic carboxylic acids is 1. The summed E-state index contributed by atoms with van der Waals surface area (Å²) >= 11 is 0. The molecule has 0 aliphatic heterocycles. The van der Waals surface area contributed by atoms with Gasteiger partial charge in [-0.05, 0) is 30.2 Å². The highest BCUT2D eigenvalue weighted by Gasteiger charge is 2.10. The van der Waals surface area contributed by atoms with E-state index in [0.29, 0.717) is 13.0 Å². The molecule has 3 N–H and O–H groups in total. The number of urea groups is 1. The fourth-order valence-corrected chi connectivity index (χ4v) is 2.16. The number of benzene rings is 1. The third-order valence-corrected chi connectivity index (χ3v) is 3.41. The van der Waals surface area contributed by atoms with Gasteiger partial charge < -0.3 is 20.3 Å². The van der Waals surface area contributed by atoms with Crippen LogP contribution in [0.2, 0.25) is 0 Å². The van der Waals surface area contributed by atoms with Crippen molar-refractivity contribution in [1.82, 2.24) is 15.2 Å². The Kier molecular flexibility index (Phi) is 4.98. The van der Waals surface area contributed by atoms with E-state index in [1.807, 2.05) is 0 Å². The predicted octanol–water partition coefficient (Wildman–Crippen LogP) is 1.97. The quantitative estimate of drug-likeness (QED) is 0.762. The number of carbonyl (C=O) groups excluding carboxylic acids is 1. The molecule has 1 aromatic carbocycles. The minimum Gasteiger partial charge on any atom is -0.481 e. The molecule has 0 saturated heterocycles. The highest BCUT2D eigenvalue weighted by atomic mass is 19.1. The number of amides is 2. The van der Waals surface area contributed by atoms with Gasteiger partial charge in [-0.3, -0.25) is 4.79 Å². The van der Waals surface area contributed by atoms with E-state index in [4.69, 9.17) is 5.11 Å². The molecule has 7 heteroatoms. The van der Waals surface area contributed by atoms with Gasteiger partial charge in [-0.2, -0.15) is 0 Å². The van der Waals surface area contributed by atoms with E-state index >= 15 is 0 Å². The minimum absolute atomic E-state index is 0.0916. The summed E-state index contributed by atoms with van der Waals surface area (Å²) in [5.41, 5.74) is 1.77. The number of H-pyrrole nitrogens is 1. The Morgan fingerprint density at radius 3 is 2.91 bits per heavy atom. The number of carboxylic acid groups (broad SMARTS) is 1. The van der Waals surface area contributed by atoms with Crippen molar-refractivity contribution >= 4 is 22.9 Å². The topological polar surface area (TPSA) is 85.4 Å². The number of hydrogen-bond donors (Lipinski definition) is 3. The molecule has 1 aromatic heterocycles. The number of halogens is 1. The molecule has 0 fully saturated rings.